The number of piperidine rings is 1. The first kappa shape index (κ1) is 25.7. The van der Waals surface area contributed by atoms with Crippen molar-refractivity contribution in [2.45, 2.75) is 32.2 Å². The zero-order valence-electron chi connectivity index (χ0n) is 18.3. The number of amides is 1. The van der Waals surface area contributed by atoms with Gasteiger partial charge in [-0.3, -0.25) is 9.79 Å². The standard InChI is InChI=1S/C22H35N5O3.HI/c1-2-23-22(25-11-10-24-21(29)18-3-5-20(28)6-4-18)26-19-7-12-27(13-8-19)15-17-9-14-30-16-17;/h3-6,17,19,28H,2,7-16H2,1H3,(H,24,29)(H2,23,25,26);1H. The number of benzene rings is 1. The van der Waals surface area contributed by atoms with Crippen LogP contribution < -0.4 is 16.0 Å². The highest BCUT2D eigenvalue weighted by molar-refractivity contribution is 14.0. The molecule has 0 bridgehead atoms. The molecule has 2 aliphatic heterocycles. The fourth-order valence-electron chi connectivity index (χ4n) is 3.92. The summed E-state index contributed by atoms with van der Waals surface area (Å²) in [6, 6.07) is 6.64. The molecule has 2 heterocycles. The van der Waals surface area contributed by atoms with E-state index in [9.17, 15) is 9.90 Å². The predicted octanol–water partition coefficient (Wildman–Crippen LogP) is 1.80. The number of ether oxygens (including phenoxy) is 1. The minimum absolute atomic E-state index is 0. The molecule has 1 aromatic rings. The molecule has 8 nitrogen and oxygen atoms in total. The van der Waals surface area contributed by atoms with Gasteiger partial charge >= 0.3 is 0 Å². The van der Waals surface area contributed by atoms with Crippen LogP contribution in [-0.2, 0) is 4.74 Å². The molecule has 2 aliphatic rings. The highest BCUT2D eigenvalue weighted by Crippen LogP contribution is 2.17. The van der Waals surface area contributed by atoms with Gasteiger partial charge in [0.1, 0.15) is 5.75 Å². The molecule has 1 aromatic carbocycles. The predicted molar refractivity (Wildman–Crippen MR) is 133 cm³/mol. The van der Waals surface area contributed by atoms with Crippen LogP contribution in [0.15, 0.2) is 29.3 Å². The molecule has 2 fully saturated rings. The lowest BCUT2D eigenvalue weighted by Gasteiger charge is -2.34. The number of phenols is 1. The molecule has 0 spiro atoms. The third-order valence-electron chi connectivity index (χ3n) is 5.61. The second-order valence-corrected chi connectivity index (χ2v) is 8.01. The molecule has 0 aliphatic carbocycles. The van der Waals surface area contributed by atoms with E-state index >= 15 is 0 Å². The van der Waals surface area contributed by atoms with Gasteiger partial charge in [0, 0.05) is 50.9 Å². The molecule has 174 valence electrons. The fraction of sp³-hybridized carbons (Fsp3) is 0.636. The van der Waals surface area contributed by atoms with Crippen molar-refractivity contribution in [2.75, 3.05) is 52.5 Å². The van der Waals surface area contributed by atoms with E-state index in [1.807, 2.05) is 0 Å². The number of rotatable bonds is 8. The van der Waals surface area contributed by atoms with Crippen LogP contribution in [0.2, 0.25) is 0 Å². The van der Waals surface area contributed by atoms with Crippen LogP contribution in [0.3, 0.4) is 0 Å². The smallest absolute Gasteiger partial charge is 0.251 e. The van der Waals surface area contributed by atoms with Crippen molar-refractivity contribution >= 4 is 35.8 Å². The SMILES string of the molecule is CCNC(=NCCNC(=O)c1ccc(O)cc1)NC1CCN(CC2CCOC2)CC1.I. The average Bonchev–Trinajstić information content (AvgIpc) is 3.26. The summed E-state index contributed by atoms with van der Waals surface area (Å²) in [5.74, 6) is 1.49. The number of halogens is 1. The van der Waals surface area contributed by atoms with Gasteiger partial charge in [-0.15, -0.1) is 24.0 Å². The molecule has 2 saturated heterocycles. The lowest BCUT2D eigenvalue weighted by atomic mass is 10.0. The normalized spacial score (nSPS) is 20.2. The quantitative estimate of drug-likeness (QED) is 0.172. The second-order valence-electron chi connectivity index (χ2n) is 8.01. The van der Waals surface area contributed by atoms with Crippen molar-refractivity contribution in [2.24, 2.45) is 10.9 Å². The summed E-state index contributed by atoms with van der Waals surface area (Å²) in [5, 5.41) is 19.0. The molecule has 4 N–H and O–H groups in total. The van der Waals surface area contributed by atoms with E-state index in [2.05, 4.69) is 32.8 Å². The number of hydrogen-bond donors (Lipinski definition) is 4. The van der Waals surface area contributed by atoms with Crippen molar-refractivity contribution in [1.82, 2.24) is 20.9 Å². The summed E-state index contributed by atoms with van der Waals surface area (Å²) in [6.07, 6.45) is 3.41. The van der Waals surface area contributed by atoms with Crippen molar-refractivity contribution in [3.63, 3.8) is 0 Å². The van der Waals surface area contributed by atoms with Gasteiger partial charge in [-0.05, 0) is 56.4 Å². The lowest BCUT2D eigenvalue weighted by molar-refractivity contribution is 0.0954. The van der Waals surface area contributed by atoms with Crippen LogP contribution in [0.5, 0.6) is 5.75 Å². The molecule has 1 unspecified atom stereocenters. The van der Waals surface area contributed by atoms with Gasteiger partial charge in [-0.2, -0.15) is 0 Å². The van der Waals surface area contributed by atoms with Crippen molar-refractivity contribution < 1.29 is 14.6 Å². The molecule has 1 atom stereocenters. The first-order chi connectivity index (χ1) is 14.6. The summed E-state index contributed by atoms with van der Waals surface area (Å²) < 4.78 is 5.49. The molecule has 3 rings (SSSR count). The van der Waals surface area contributed by atoms with Crippen LogP contribution in [0.25, 0.3) is 0 Å². The molecule has 31 heavy (non-hydrogen) atoms. The number of hydrogen-bond acceptors (Lipinski definition) is 5. The Morgan fingerprint density at radius 3 is 2.58 bits per heavy atom. The maximum absolute atomic E-state index is 12.1. The van der Waals surface area contributed by atoms with Crippen LogP contribution >= 0.6 is 24.0 Å². The zero-order valence-corrected chi connectivity index (χ0v) is 20.6. The second kappa shape index (κ2) is 13.7. The topological polar surface area (TPSA) is 98.2 Å². The van der Waals surface area contributed by atoms with Crippen molar-refractivity contribution in [1.29, 1.82) is 0 Å². The third-order valence-corrected chi connectivity index (χ3v) is 5.61. The van der Waals surface area contributed by atoms with E-state index in [-0.39, 0.29) is 35.6 Å². The largest absolute Gasteiger partial charge is 0.508 e. The van der Waals surface area contributed by atoms with Gasteiger partial charge in [0.15, 0.2) is 5.96 Å². The van der Waals surface area contributed by atoms with E-state index in [1.165, 1.54) is 18.6 Å². The van der Waals surface area contributed by atoms with Gasteiger partial charge in [0.2, 0.25) is 0 Å². The number of aliphatic imine (C=N–C) groups is 1. The number of guanidine groups is 1. The van der Waals surface area contributed by atoms with Crippen LogP contribution in [0, 0.1) is 5.92 Å². The third kappa shape index (κ3) is 8.82. The van der Waals surface area contributed by atoms with Crippen molar-refractivity contribution in [3.8, 4) is 5.75 Å². The van der Waals surface area contributed by atoms with E-state index in [1.54, 1.807) is 12.1 Å². The minimum atomic E-state index is -0.164. The Bertz CT molecular complexity index is 687. The number of phenolic OH excluding ortho intramolecular Hbond substituents is 1. The Morgan fingerprint density at radius 2 is 1.94 bits per heavy atom. The number of nitrogens with zero attached hydrogens (tertiary/aromatic N) is 2. The molecular weight excluding hydrogens is 509 g/mol. The maximum Gasteiger partial charge on any atom is 0.251 e. The number of nitrogens with one attached hydrogen (secondary N) is 3. The Balaban J connectivity index is 0.00000341. The van der Waals surface area contributed by atoms with Gasteiger partial charge < -0.3 is 30.7 Å². The molecule has 0 aromatic heterocycles. The van der Waals surface area contributed by atoms with Crippen LogP contribution in [-0.4, -0.2) is 80.4 Å². The summed E-state index contributed by atoms with van der Waals surface area (Å²) in [5.41, 5.74) is 0.526. The van der Waals surface area contributed by atoms with Crippen LogP contribution in [0.4, 0.5) is 0 Å². The minimum Gasteiger partial charge on any atom is -0.508 e. The summed E-state index contributed by atoms with van der Waals surface area (Å²) in [4.78, 5) is 19.3. The van der Waals surface area contributed by atoms with Gasteiger partial charge in [-0.25, -0.2) is 0 Å². The van der Waals surface area contributed by atoms with Gasteiger partial charge in [0.25, 0.3) is 5.91 Å². The highest BCUT2D eigenvalue weighted by atomic mass is 127. The molecule has 0 radical (unpaired) electrons. The molecule has 0 saturated carbocycles. The van der Waals surface area contributed by atoms with E-state index in [4.69, 9.17) is 4.74 Å². The number of aromatic hydroxyl groups is 1. The average molecular weight is 545 g/mol. The Labute approximate surface area is 202 Å². The van der Waals surface area contributed by atoms with Gasteiger partial charge in [-0.1, -0.05) is 0 Å². The number of carbonyl (C=O) groups excluding carboxylic acids is 1. The van der Waals surface area contributed by atoms with Crippen molar-refractivity contribution in [3.05, 3.63) is 29.8 Å². The van der Waals surface area contributed by atoms with E-state index in [0.29, 0.717) is 30.6 Å². The Hall–Kier alpha value is -1.59. The Kier molecular flexibility index (Phi) is 11.4. The first-order valence-corrected chi connectivity index (χ1v) is 11.1. The Morgan fingerprint density at radius 1 is 1.19 bits per heavy atom. The van der Waals surface area contributed by atoms with Crippen LogP contribution in [0.1, 0.15) is 36.5 Å². The number of carbonyl (C=O) groups is 1. The first-order valence-electron chi connectivity index (χ1n) is 11.1. The van der Waals surface area contributed by atoms with Gasteiger partial charge in [0.05, 0.1) is 13.2 Å². The van der Waals surface area contributed by atoms with E-state index in [0.717, 1.165) is 58.2 Å². The fourth-order valence-corrected chi connectivity index (χ4v) is 3.92. The summed E-state index contributed by atoms with van der Waals surface area (Å²) in [7, 11) is 0. The molecular formula is C22H36IN5O3. The summed E-state index contributed by atoms with van der Waals surface area (Å²) in [6.45, 7) is 9.01. The monoisotopic (exact) mass is 545 g/mol. The molecule has 9 heteroatoms. The molecule has 1 amide bonds. The lowest BCUT2D eigenvalue weighted by Crippen LogP contribution is -2.49. The maximum atomic E-state index is 12.1. The summed E-state index contributed by atoms with van der Waals surface area (Å²) >= 11 is 0. The highest BCUT2D eigenvalue weighted by Gasteiger charge is 2.24. The number of likely N-dealkylation sites (tertiary alicyclic amines) is 1. The zero-order chi connectivity index (χ0) is 21.2. The van der Waals surface area contributed by atoms with E-state index < -0.39 is 0 Å².